The summed E-state index contributed by atoms with van der Waals surface area (Å²) in [7, 11) is 0. The Labute approximate surface area is 433 Å². The van der Waals surface area contributed by atoms with Gasteiger partial charge in [0.2, 0.25) is 0 Å². The Morgan fingerprint density at radius 3 is 0.986 bits per heavy atom. The molecule has 386 valence electrons. The zero-order valence-corrected chi connectivity index (χ0v) is 43.8. The summed E-state index contributed by atoms with van der Waals surface area (Å²) in [6, 6.07) is 36.1. The van der Waals surface area contributed by atoms with Crippen molar-refractivity contribution in [3.05, 3.63) is 144 Å². The number of carbonyl (C=O) groups excluding carboxylic acids is 2. The average Bonchev–Trinajstić information content (AvgIpc) is 3.41. The maximum Gasteiger partial charge on any atom is 0.343 e. The van der Waals surface area contributed by atoms with Gasteiger partial charge in [-0.3, -0.25) is 9.98 Å². The topological polar surface area (TPSA) is 95.8 Å². The molecule has 0 amide bonds. The fraction of sp³-hybridized carbons (Fsp3) is 0.469. The Morgan fingerprint density at radius 2 is 0.667 bits per heavy atom. The SMILES string of the molecule is CCCCCCCCCCCCCCCOc1ccc(C=Nc2ccc(C(=O)Oc3cccc(OC(=O)c4ccc(N=Cc5ccc(OCCCCCCCCCCCCCCC)cc5)cc4)c3)cc2)cc1. The van der Waals surface area contributed by atoms with Gasteiger partial charge < -0.3 is 18.9 Å². The predicted molar refractivity (Wildman–Crippen MR) is 299 cm³/mol. The third-order valence-corrected chi connectivity index (χ3v) is 13.0. The summed E-state index contributed by atoms with van der Waals surface area (Å²) in [6.45, 7) is 6.02. The second kappa shape index (κ2) is 36.0. The minimum Gasteiger partial charge on any atom is -0.494 e. The van der Waals surface area contributed by atoms with Crippen LogP contribution in [0.2, 0.25) is 0 Å². The van der Waals surface area contributed by atoms with Crippen molar-refractivity contribution in [1.29, 1.82) is 0 Å². The molecule has 5 aromatic rings. The van der Waals surface area contributed by atoms with Gasteiger partial charge in [0.25, 0.3) is 0 Å². The number of rotatable bonds is 38. The summed E-state index contributed by atoms with van der Waals surface area (Å²) >= 11 is 0. The molecular weight excluding hydrogens is 893 g/mol. The molecule has 8 nitrogen and oxygen atoms in total. The number of nitrogens with zero attached hydrogens (tertiary/aromatic N) is 2. The van der Waals surface area contributed by atoms with Crippen LogP contribution in [0.1, 0.15) is 213 Å². The van der Waals surface area contributed by atoms with E-state index in [0.29, 0.717) is 22.5 Å². The molecule has 0 saturated carbocycles. The molecule has 0 bridgehead atoms. The van der Waals surface area contributed by atoms with Crippen LogP contribution < -0.4 is 18.9 Å². The van der Waals surface area contributed by atoms with Crippen LogP contribution in [0.25, 0.3) is 0 Å². The van der Waals surface area contributed by atoms with Gasteiger partial charge in [-0.25, -0.2) is 9.59 Å². The van der Waals surface area contributed by atoms with Gasteiger partial charge in [0.05, 0.1) is 35.7 Å². The van der Waals surface area contributed by atoms with Crippen molar-refractivity contribution in [2.45, 2.75) is 181 Å². The molecule has 0 aromatic heterocycles. The Morgan fingerprint density at radius 1 is 0.361 bits per heavy atom. The van der Waals surface area contributed by atoms with Crippen molar-refractivity contribution in [2.75, 3.05) is 13.2 Å². The highest BCUT2D eigenvalue weighted by molar-refractivity contribution is 5.93. The zero-order chi connectivity index (χ0) is 50.5. The fourth-order valence-electron chi connectivity index (χ4n) is 8.52. The van der Waals surface area contributed by atoms with Gasteiger partial charge in [-0.2, -0.15) is 0 Å². The van der Waals surface area contributed by atoms with Crippen LogP contribution in [0.4, 0.5) is 11.4 Å². The first-order chi connectivity index (χ1) is 35.5. The molecular formula is C64H84N2O6. The van der Waals surface area contributed by atoms with E-state index in [0.717, 1.165) is 48.7 Å². The van der Waals surface area contributed by atoms with E-state index in [-0.39, 0.29) is 11.5 Å². The van der Waals surface area contributed by atoms with Gasteiger partial charge in [0, 0.05) is 18.5 Å². The molecule has 8 heteroatoms. The molecule has 72 heavy (non-hydrogen) atoms. The zero-order valence-electron chi connectivity index (χ0n) is 43.8. The Balaban J connectivity index is 0.930. The van der Waals surface area contributed by atoms with E-state index in [1.54, 1.807) is 79.2 Å². The Hall–Kier alpha value is -6.02. The van der Waals surface area contributed by atoms with Crippen LogP contribution in [0, 0.1) is 0 Å². The molecule has 0 heterocycles. The van der Waals surface area contributed by atoms with Crippen LogP contribution in [-0.2, 0) is 0 Å². The van der Waals surface area contributed by atoms with Crippen LogP contribution >= 0.6 is 0 Å². The van der Waals surface area contributed by atoms with Crippen LogP contribution in [0.5, 0.6) is 23.0 Å². The van der Waals surface area contributed by atoms with Crippen molar-refractivity contribution >= 4 is 35.7 Å². The van der Waals surface area contributed by atoms with E-state index < -0.39 is 11.9 Å². The average molecular weight is 977 g/mol. The van der Waals surface area contributed by atoms with Crippen LogP contribution in [0.3, 0.4) is 0 Å². The van der Waals surface area contributed by atoms with E-state index >= 15 is 0 Å². The first-order valence-electron chi connectivity index (χ1n) is 27.8. The van der Waals surface area contributed by atoms with Crippen molar-refractivity contribution in [2.24, 2.45) is 9.98 Å². The first kappa shape index (κ1) is 56.9. The normalized spacial score (nSPS) is 11.4. The highest BCUT2D eigenvalue weighted by Crippen LogP contribution is 2.24. The maximum atomic E-state index is 13.0. The molecule has 5 aromatic carbocycles. The highest BCUT2D eigenvalue weighted by Gasteiger charge is 2.13. The molecule has 0 fully saturated rings. The number of unbranched alkanes of at least 4 members (excludes halogenated alkanes) is 24. The maximum absolute atomic E-state index is 13.0. The minimum absolute atomic E-state index is 0.253. The molecule has 0 saturated heterocycles. The molecule has 0 aliphatic rings. The third-order valence-electron chi connectivity index (χ3n) is 13.0. The van der Waals surface area contributed by atoms with Crippen molar-refractivity contribution in [1.82, 2.24) is 0 Å². The smallest absolute Gasteiger partial charge is 0.343 e. The van der Waals surface area contributed by atoms with Gasteiger partial charge >= 0.3 is 11.9 Å². The van der Waals surface area contributed by atoms with Gasteiger partial charge in [0.1, 0.15) is 23.0 Å². The lowest BCUT2D eigenvalue weighted by Crippen LogP contribution is -2.10. The number of hydrogen-bond donors (Lipinski definition) is 0. The molecule has 0 aliphatic heterocycles. The molecule has 0 unspecified atom stereocenters. The summed E-state index contributed by atoms with van der Waals surface area (Å²) in [5, 5.41) is 0. The van der Waals surface area contributed by atoms with E-state index in [1.165, 1.54) is 160 Å². The largest absolute Gasteiger partial charge is 0.494 e. The number of benzene rings is 5. The van der Waals surface area contributed by atoms with E-state index in [2.05, 4.69) is 23.8 Å². The summed E-state index contributed by atoms with van der Waals surface area (Å²) < 4.78 is 23.2. The van der Waals surface area contributed by atoms with Crippen LogP contribution in [0.15, 0.2) is 131 Å². The van der Waals surface area contributed by atoms with Gasteiger partial charge in [-0.1, -0.05) is 174 Å². The Kier molecular flexibility index (Phi) is 28.4. The molecule has 0 aliphatic carbocycles. The minimum atomic E-state index is -0.538. The summed E-state index contributed by atoms with van der Waals surface area (Å²) in [5.41, 5.74) is 4.04. The first-order valence-corrected chi connectivity index (χ1v) is 27.8. The Bertz CT molecular complexity index is 2110. The van der Waals surface area contributed by atoms with Crippen molar-refractivity contribution < 1.29 is 28.5 Å². The fourth-order valence-corrected chi connectivity index (χ4v) is 8.52. The van der Waals surface area contributed by atoms with Crippen LogP contribution in [-0.4, -0.2) is 37.6 Å². The van der Waals surface area contributed by atoms with Gasteiger partial charge in [-0.15, -0.1) is 0 Å². The summed E-state index contributed by atoms with van der Waals surface area (Å²) in [4.78, 5) is 35.2. The molecule has 5 rings (SSSR count). The van der Waals surface area contributed by atoms with Gasteiger partial charge in [0.15, 0.2) is 0 Å². The second-order valence-electron chi connectivity index (χ2n) is 19.2. The number of ether oxygens (including phenoxy) is 4. The van der Waals surface area contributed by atoms with E-state index in [9.17, 15) is 9.59 Å². The quantitative estimate of drug-likeness (QED) is 0.0169. The number of carbonyl (C=O) groups is 2. The number of aliphatic imine (C=N–C) groups is 2. The van der Waals surface area contributed by atoms with Crippen molar-refractivity contribution in [3.63, 3.8) is 0 Å². The second-order valence-corrected chi connectivity index (χ2v) is 19.2. The monoisotopic (exact) mass is 977 g/mol. The van der Waals surface area contributed by atoms with Crippen molar-refractivity contribution in [3.8, 4) is 23.0 Å². The lowest BCUT2D eigenvalue weighted by atomic mass is 10.0. The third kappa shape index (κ3) is 24.4. The van der Waals surface area contributed by atoms with E-state index in [4.69, 9.17) is 18.9 Å². The van der Waals surface area contributed by atoms with E-state index in [1.807, 2.05) is 48.5 Å². The van der Waals surface area contributed by atoms with Gasteiger partial charge in [-0.05, 0) is 133 Å². The number of esters is 2. The standard InChI is InChI=1S/C64H84N2O6/c1-3-5-7-9-11-13-15-17-19-21-23-25-27-48-69-59-44-32-53(33-45-59)51-65-57-40-36-55(37-41-57)63(67)71-61-30-29-31-62(50-61)72-64(68)56-38-42-58(43-39-56)66-52-54-34-46-60(47-35-54)70-49-28-26-24-22-20-18-16-14-12-10-8-6-4-2/h29-47,50-52H,3-28,48-49H2,1-2H3. The summed E-state index contributed by atoms with van der Waals surface area (Å²) in [5.74, 6) is 1.16. The highest BCUT2D eigenvalue weighted by atomic mass is 16.5. The summed E-state index contributed by atoms with van der Waals surface area (Å²) in [6.07, 6.45) is 38.3. The molecule has 0 atom stereocenters. The predicted octanol–water partition coefficient (Wildman–Crippen LogP) is 18.6. The molecule has 0 N–H and O–H groups in total. The number of hydrogen-bond acceptors (Lipinski definition) is 8. The molecule has 0 spiro atoms. The lowest BCUT2D eigenvalue weighted by molar-refractivity contribution is 0.0732. The molecule has 0 radical (unpaired) electrons. The lowest BCUT2D eigenvalue weighted by Gasteiger charge is -2.08.